The van der Waals surface area contributed by atoms with Crippen LogP contribution in [0.5, 0.6) is 0 Å². The van der Waals surface area contributed by atoms with Crippen LogP contribution in [0.4, 0.5) is 0 Å². The first kappa shape index (κ1) is 9.21. The number of carbonyl (C=O) groups excluding carboxylic acids is 2. The third kappa shape index (κ3) is 1.40. The molecule has 2 rings (SSSR count). The molecule has 0 saturated carbocycles. The zero-order chi connectivity index (χ0) is 10.1. The molecule has 0 bridgehead atoms. The second kappa shape index (κ2) is 3.42. The van der Waals surface area contributed by atoms with Gasteiger partial charge in [-0.1, -0.05) is 17.7 Å². The zero-order valence-electron chi connectivity index (χ0n) is 7.20. The van der Waals surface area contributed by atoms with Crippen molar-refractivity contribution < 1.29 is 14.3 Å². The van der Waals surface area contributed by atoms with Crippen LogP contribution in [-0.2, 0) is 16.0 Å². The third-order valence-electron chi connectivity index (χ3n) is 2.15. The van der Waals surface area contributed by atoms with Crippen molar-refractivity contribution in [1.29, 1.82) is 0 Å². The highest BCUT2D eigenvalue weighted by molar-refractivity contribution is 6.32. The number of benzene rings is 1. The van der Waals surface area contributed by atoms with Crippen molar-refractivity contribution >= 4 is 23.9 Å². The topological polar surface area (TPSA) is 43.4 Å². The Bertz CT molecular complexity index is 400. The van der Waals surface area contributed by atoms with Crippen molar-refractivity contribution in [2.45, 2.75) is 12.5 Å². The summed E-state index contributed by atoms with van der Waals surface area (Å²) in [6, 6.07) is 5.02. The van der Waals surface area contributed by atoms with Gasteiger partial charge in [0.2, 0.25) is 0 Å². The molecule has 1 aliphatic heterocycles. The minimum absolute atomic E-state index is 0.365. The van der Waals surface area contributed by atoms with Crippen molar-refractivity contribution in [3.8, 4) is 0 Å². The summed E-state index contributed by atoms with van der Waals surface area (Å²) in [5.74, 6) is -0.481. The lowest BCUT2D eigenvalue weighted by Crippen LogP contribution is -2.28. The van der Waals surface area contributed by atoms with Crippen molar-refractivity contribution in [1.82, 2.24) is 0 Å². The highest BCUT2D eigenvalue weighted by Crippen LogP contribution is 2.26. The summed E-state index contributed by atoms with van der Waals surface area (Å²) in [5, 5.41) is 0.506. The summed E-state index contributed by atoms with van der Waals surface area (Å²) >= 11 is 5.91. The van der Waals surface area contributed by atoms with Gasteiger partial charge in [0.25, 0.3) is 0 Å². The molecular formula is C10H7ClO3. The summed E-state index contributed by atoms with van der Waals surface area (Å²) in [4.78, 5) is 21.9. The highest BCUT2D eigenvalue weighted by atomic mass is 35.5. The lowest BCUT2D eigenvalue weighted by atomic mass is 9.99. The quantitative estimate of drug-likeness (QED) is 0.523. The third-order valence-corrected chi connectivity index (χ3v) is 2.51. The Morgan fingerprint density at radius 1 is 1.50 bits per heavy atom. The SMILES string of the molecule is O=CC1Cc2c(Cl)cccc2C(=O)O1. The number of carbonyl (C=O) groups is 2. The summed E-state index contributed by atoms with van der Waals surface area (Å²) in [7, 11) is 0. The van der Waals surface area contributed by atoms with Crippen molar-refractivity contribution in [2.75, 3.05) is 0 Å². The van der Waals surface area contributed by atoms with Crippen LogP contribution in [0, 0.1) is 0 Å². The van der Waals surface area contributed by atoms with Crippen LogP contribution < -0.4 is 0 Å². The van der Waals surface area contributed by atoms with Crippen LogP contribution in [0.3, 0.4) is 0 Å². The van der Waals surface area contributed by atoms with E-state index in [9.17, 15) is 9.59 Å². The van der Waals surface area contributed by atoms with Crippen molar-refractivity contribution in [3.05, 3.63) is 34.3 Å². The molecule has 1 atom stereocenters. The van der Waals surface area contributed by atoms with E-state index in [2.05, 4.69) is 0 Å². The van der Waals surface area contributed by atoms with E-state index < -0.39 is 12.1 Å². The Labute approximate surface area is 85.6 Å². The van der Waals surface area contributed by atoms with Gasteiger partial charge in [-0.05, 0) is 17.7 Å². The maximum atomic E-state index is 11.4. The smallest absolute Gasteiger partial charge is 0.339 e. The van der Waals surface area contributed by atoms with E-state index in [0.717, 1.165) is 0 Å². The minimum Gasteiger partial charge on any atom is -0.451 e. The molecule has 1 unspecified atom stereocenters. The van der Waals surface area contributed by atoms with Crippen LogP contribution in [0.1, 0.15) is 15.9 Å². The van der Waals surface area contributed by atoms with Gasteiger partial charge >= 0.3 is 5.97 Å². The number of aldehydes is 1. The Kier molecular flexibility index (Phi) is 2.25. The van der Waals surface area contributed by atoms with Crippen LogP contribution >= 0.6 is 11.6 Å². The summed E-state index contributed by atoms with van der Waals surface area (Å²) in [6.45, 7) is 0. The first-order chi connectivity index (χ1) is 6.72. The molecule has 0 aromatic heterocycles. The van der Waals surface area contributed by atoms with E-state index in [4.69, 9.17) is 16.3 Å². The van der Waals surface area contributed by atoms with Gasteiger partial charge in [0.15, 0.2) is 12.4 Å². The Morgan fingerprint density at radius 2 is 2.29 bits per heavy atom. The second-order valence-corrected chi connectivity index (χ2v) is 3.46. The number of cyclic esters (lactones) is 1. The lowest BCUT2D eigenvalue weighted by molar-refractivity contribution is -0.115. The van der Waals surface area contributed by atoms with E-state index in [1.54, 1.807) is 18.2 Å². The minimum atomic E-state index is -0.699. The first-order valence-corrected chi connectivity index (χ1v) is 4.54. The van der Waals surface area contributed by atoms with E-state index in [1.165, 1.54) is 0 Å². The largest absolute Gasteiger partial charge is 0.451 e. The van der Waals surface area contributed by atoms with E-state index >= 15 is 0 Å². The number of ether oxygens (including phenoxy) is 1. The number of hydrogen-bond acceptors (Lipinski definition) is 3. The fraction of sp³-hybridized carbons (Fsp3) is 0.200. The van der Waals surface area contributed by atoms with Crippen LogP contribution in [0.2, 0.25) is 5.02 Å². The molecule has 0 radical (unpaired) electrons. The van der Waals surface area contributed by atoms with Gasteiger partial charge in [-0.15, -0.1) is 0 Å². The van der Waals surface area contributed by atoms with Crippen LogP contribution in [-0.4, -0.2) is 18.4 Å². The van der Waals surface area contributed by atoms with E-state index in [-0.39, 0.29) is 0 Å². The van der Waals surface area contributed by atoms with Gasteiger partial charge in [-0.25, -0.2) is 4.79 Å². The standard InChI is InChI=1S/C10H7ClO3/c11-9-3-1-2-7-8(9)4-6(5-12)14-10(7)13/h1-3,5-6H,4H2. The zero-order valence-corrected chi connectivity index (χ0v) is 7.95. The molecule has 0 aliphatic carbocycles. The molecule has 0 N–H and O–H groups in total. The Morgan fingerprint density at radius 3 is 3.00 bits per heavy atom. The van der Waals surface area contributed by atoms with E-state index in [1.807, 2.05) is 0 Å². The average Bonchev–Trinajstić information content (AvgIpc) is 2.19. The van der Waals surface area contributed by atoms with Gasteiger partial charge in [0.1, 0.15) is 0 Å². The molecule has 1 aromatic rings. The molecular weight excluding hydrogens is 204 g/mol. The molecule has 0 amide bonds. The van der Waals surface area contributed by atoms with Crippen LogP contribution in [0.25, 0.3) is 0 Å². The molecule has 1 aliphatic rings. The second-order valence-electron chi connectivity index (χ2n) is 3.05. The molecule has 72 valence electrons. The first-order valence-electron chi connectivity index (χ1n) is 4.16. The predicted octanol–water partition coefficient (Wildman–Crippen LogP) is 1.62. The van der Waals surface area contributed by atoms with Crippen molar-refractivity contribution in [3.63, 3.8) is 0 Å². The van der Waals surface area contributed by atoms with Gasteiger partial charge in [-0.2, -0.15) is 0 Å². The fourth-order valence-electron chi connectivity index (χ4n) is 1.48. The number of halogens is 1. The Balaban J connectivity index is 2.50. The Hall–Kier alpha value is -1.35. The van der Waals surface area contributed by atoms with Crippen molar-refractivity contribution in [2.24, 2.45) is 0 Å². The maximum Gasteiger partial charge on any atom is 0.339 e. The molecule has 14 heavy (non-hydrogen) atoms. The highest BCUT2D eigenvalue weighted by Gasteiger charge is 2.27. The fourth-order valence-corrected chi connectivity index (χ4v) is 1.73. The number of fused-ring (bicyclic) bond motifs is 1. The number of rotatable bonds is 1. The molecule has 3 nitrogen and oxygen atoms in total. The summed E-state index contributed by atoms with van der Waals surface area (Å²) in [5.41, 5.74) is 1.15. The maximum absolute atomic E-state index is 11.4. The molecule has 4 heteroatoms. The van der Waals surface area contributed by atoms with E-state index in [0.29, 0.717) is 28.9 Å². The molecule has 0 spiro atoms. The lowest BCUT2D eigenvalue weighted by Gasteiger charge is -2.21. The molecule has 0 saturated heterocycles. The van der Waals surface area contributed by atoms with Gasteiger partial charge in [0.05, 0.1) is 5.56 Å². The average molecular weight is 211 g/mol. The van der Waals surface area contributed by atoms with Gasteiger partial charge < -0.3 is 4.74 Å². The summed E-state index contributed by atoms with van der Waals surface area (Å²) in [6.07, 6.45) is 0.281. The molecule has 1 heterocycles. The number of esters is 1. The monoisotopic (exact) mass is 210 g/mol. The normalized spacial score (nSPS) is 19.8. The van der Waals surface area contributed by atoms with Gasteiger partial charge in [-0.3, -0.25) is 4.79 Å². The number of hydrogen-bond donors (Lipinski definition) is 0. The molecule has 1 aromatic carbocycles. The predicted molar refractivity (Wildman–Crippen MR) is 50.4 cm³/mol. The van der Waals surface area contributed by atoms with Gasteiger partial charge in [0, 0.05) is 11.4 Å². The molecule has 0 fully saturated rings. The summed E-state index contributed by atoms with van der Waals surface area (Å²) < 4.78 is 4.85. The van der Waals surface area contributed by atoms with Crippen LogP contribution in [0.15, 0.2) is 18.2 Å².